The predicted octanol–water partition coefficient (Wildman–Crippen LogP) is 2.90. The number of halogens is 2. The van der Waals surface area contributed by atoms with Gasteiger partial charge >= 0.3 is 25.2 Å². The Morgan fingerprint density at radius 3 is 2.41 bits per heavy atom. The molecule has 0 aliphatic carbocycles. The number of hydrogen-bond acceptors (Lipinski definition) is 11. The van der Waals surface area contributed by atoms with E-state index in [0.717, 1.165) is 16.8 Å². The fourth-order valence-corrected chi connectivity index (χ4v) is 6.72. The Kier molecular flexibility index (Phi) is 11.0. The molecule has 1 fully saturated rings. The van der Waals surface area contributed by atoms with Gasteiger partial charge in [-0.3, -0.25) is 28.5 Å². The van der Waals surface area contributed by atoms with Crippen molar-refractivity contribution in [2.24, 2.45) is 11.7 Å². The highest BCUT2D eigenvalue weighted by molar-refractivity contribution is 9.10. The summed E-state index contributed by atoms with van der Waals surface area (Å²) in [6, 6.07) is 8.24. The summed E-state index contributed by atoms with van der Waals surface area (Å²) < 4.78 is 41.5. The number of carbonyl (C=O) groups excluding carboxylic acids is 2. The lowest BCUT2D eigenvalue weighted by molar-refractivity contribution is -0.154. The summed E-state index contributed by atoms with van der Waals surface area (Å²) in [5.41, 5.74) is 4.18. The van der Waals surface area contributed by atoms with Gasteiger partial charge in [0.2, 0.25) is 0 Å². The van der Waals surface area contributed by atoms with E-state index in [-0.39, 0.29) is 11.9 Å². The zero-order valence-corrected chi connectivity index (χ0v) is 26.0. The predicted molar refractivity (Wildman–Crippen MR) is 152 cm³/mol. The van der Waals surface area contributed by atoms with Gasteiger partial charge in [-0.1, -0.05) is 52.7 Å². The molecule has 0 spiro atoms. The maximum Gasteiger partial charge on any atom is 0.380 e. The van der Waals surface area contributed by atoms with Crippen LogP contribution in [0.2, 0.25) is 0 Å². The first-order valence-electron chi connectivity index (χ1n) is 12.6. The first kappa shape index (κ1) is 33.0. The molecule has 1 aromatic carbocycles. The molecule has 226 valence electrons. The van der Waals surface area contributed by atoms with Crippen LogP contribution < -0.4 is 21.5 Å². The standard InChI is InChI=1S/C25H32BrClN3O10P/c1-14(2)37-21(32)15(3)13-41(35,40-17-8-6-5-7-9-17)36-12-18-20(39-22(33)16(4)28)25(26,27)23(38-18)30-11-10-19(31)29-24(30)34/h5-11,14-16,18,20,23H,12-13,28H2,1-4H3,(H,29,31,34)/t15-,16+,18-,20-,23-,25+,41+/m1/s1. The van der Waals surface area contributed by atoms with Crippen LogP contribution in [0.5, 0.6) is 5.75 Å². The van der Waals surface area contributed by atoms with Gasteiger partial charge in [-0.15, -0.1) is 0 Å². The van der Waals surface area contributed by atoms with Crippen molar-refractivity contribution in [2.45, 2.75) is 62.1 Å². The van der Waals surface area contributed by atoms with Crippen LogP contribution in [0.3, 0.4) is 0 Å². The highest BCUT2D eigenvalue weighted by Gasteiger charge is 2.58. The SMILES string of the molecule is CC(C)OC(=O)[C@H](C)C[P@](=O)(OC[C@H]1O[C@@H](n2ccc(=O)[nH]c2=O)[C@](Cl)(Br)[C@@H]1OC(=O)[C@H](C)N)Oc1ccccc1. The van der Waals surface area contributed by atoms with Gasteiger partial charge in [-0.25, -0.2) is 9.36 Å². The number of nitrogens with one attached hydrogen (secondary N) is 1. The number of benzene rings is 1. The summed E-state index contributed by atoms with van der Waals surface area (Å²) in [6.07, 6.45) is -3.47. The molecule has 2 heterocycles. The van der Waals surface area contributed by atoms with E-state index in [1.807, 2.05) is 0 Å². The summed E-state index contributed by atoms with van der Waals surface area (Å²) in [6.45, 7) is 5.78. The molecule has 41 heavy (non-hydrogen) atoms. The Labute approximate surface area is 249 Å². The van der Waals surface area contributed by atoms with Gasteiger partial charge in [-0.2, -0.15) is 0 Å². The lowest BCUT2D eigenvalue weighted by atomic mass is 10.1. The molecule has 1 aliphatic heterocycles. The minimum atomic E-state index is -4.10. The molecule has 0 saturated carbocycles. The van der Waals surface area contributed by atoms with Gasteiger partial charge in [0, 0.05) is 12.3 Å². The Morgan fingerprint density at radius 1 is 1.17 bits per heavy atom. The number of alkyl halides is 2. The summed E-state index contributed by atoms with van der Waals surface area (Å²) in [5, 5.41) is 0. The van der Waals surface area contributed by atoms with E-state index in [1.54, 1.807) is 44.2 Å². The molecule has 1 aliphatic rings. The number of nitrogens with two attached hydrogens (primary N) is 1. The number of para-hydroxylation sites is 1. The monoisotopic (exact) mass is 679 g/mol. The molecule has 3 rings (SSSR count). The molecule has 2 aromatic rings. The molecule has 1 aromatic heterocycles. The summed E-state index contributed by atoms with van der Waals surface area (Å²) in [5.74, 6) is -2.09. The van der Waals surface area contributed by atoms with Crippen LogP contribution in [0.1, 0.15) is 33.9 Å². The highest BCUT2D eigenvalue weighted by atomic mass is 79.9. The zero-order chi connectivity index (χ0) is 30.5. The van der Waals surface area contributed by atoms with Gasteiger partial charge in [0.1, 0.15) is 17.9 Å². The first-order valence-corrected chi connectivity index (χ1v) is 15.5. The van der Waals surface area contributed by atoms with Crippen molar-refractivity contribution in [1.29, 1.82) is 0 Å². The number of hydrogen-bond donors (Lipinski definition) is 2. The molecular weight excluding hydrogens is 649 g/mol. The van der Waals surface area contributed by atoms with Crippen LogP contribution >= 0.6 is 35.1 Å². The van der Waals surface area contributed by atoms with E-state index >= 15 is 0 Å². The van der Waals surface area contributed by atoms with Crippen molar-refractivity contribution < 1.29 is 37.4 Å². The third kappa shape index (κ3) is 8.52. The molecule has 0 amide bonds. The molecular formula is C25H32BrClN3O10P. The maximum absolute atomic E-state index is 14.0. The second kappa shape index (κ2) is 13.7. The van der Waals surface area contributed by atoms with Crippen molar-refractivity contribution in [3.8, 4) is 5.75 Å². The summed E-state index contributed by atoms with van der Waals surface area (Å²) in [4.78, 5) is 51.2. The van der Waals surface area contributed by atoms with Crippen molar-refractivity contribution in [1.82, 2.24) is 9.55 Å². The van der Waals surface area contributed by atoms with Crippen molar-refractivity contribution >= 4 is 47.1 Å². The van der Waals surface area contributed by atoms with Gasteiger partial charge in [-0.05, 0) is 32.9 Å². The third-order valence-electron chi connectivity index (χ3n) is 5.74. The number of aromatic nitrogens is 2. The number of aromatic amines is 1. The van der Waals surface area contributed by atoms with Crippen LogP contribution in [-0.2, 0) is 32.9 Å². The third-order valence-corrected chi connectivity index (χ3v) is 9.01. The second-order valence-electron chi connectivity index (χ2n) is 9.75. The topological polar surface area (TPSA) is 178 Å². The number of nitrogens with zero attached hydrogens (tertiary/aromatic N) is 1. The van der Waals surface area contributed by atoms with Crippen LogP contribution in [0, 0.1) is 5.92 Å². The van der Waals surface area contributed by atoms with Crippen molar-refractivity contribution in [3.63, 3.8) is 0 Å². The van der Waals surface area contributed by atoms with Gasteiger partial charge in [0.25, 0.3) is 5.56 Å². The first-order chi connectivity index (χ1) is 19.1. The molecule has 0 unspecified atom stereocenters. The molecule has 16 heteroatoms. The summed E-state index contributed by atoms with van der Waals surface area (Å²) >= 11 is 10.0. The van der Waals surface area contributed by atoms with E-state index in [1.165, 1.54) is 13.8 Å². The molecule has 13 nitrogen and oxygen atoms in total. The van der Waals surface area contributed by atoms with Crippen LogP contribution in [0.25, 0.3) is 0 Å². The minimum absolute atomic E-state index is 0.220. The fourth-order valence-electron chi connectivity index (χ4n) is 3.80. The van der Waals surface area contributed by atoms with Crippen molar-refractivity contribution in [2.75, 3.05) is 12.8 Å². The Morgan fingerprint density at radius 2 is 1.83 bits per heavy atom. The lowest BCUT2D eigenvalue weighted by Gasteiger charge is -2.28. The van der Waals surface area contributed by atoms with Crippen LogP contribution in [0.4, 0.5) is 0 Å². The maximum atomic E-state index is 14.0. The Hall–Kier alpha value is -2.48. The zero-order valence-electron chi connectivity index (χ0n) is 22.7. The normalized spacial score (nSPS) is 25.2. The lowest BCUT2D eigenvalue weighted by Crippen LogP contribution is -2.45. The van der Waals surface area contributed by atoms with Crippen molar-refractivity contribution in [3.05, 3.63) is 63.4 Å². The average Bonchev–Trinajstić information content (AvgIpc) is 3.12. The largest absolute Gasteiger partial charge is 0.463 e. The number of rotatable bonds is 12. The second-order valence-corrected chi connectivity index (χ2v) is 14.2. The number of esters is 2. The number of H-pyrrole nitrogens is 1. The van der Waals surface area contributed by atoms with Gasteiger partial charge < -0.3 is 24.5 Å². The summed E-state index contributed by atoms with van der Waals surface area (Å²) in [7, 11) is -4.10. The quantitative estimate of drug-likeness (QED) is 0.191. The van der Waals surface area contributed by atoms with Gasteiger partial charge in [0.05, 0.1) is 24.8 Å². The molecule has 1 saturated heterocycles. The number of ether oxygens (including phenoxy) is 3. The Balaban J connectivity index is 1.92. The van der Waals surface area contributed by atoms with E-state index in [2.05, 4.69) is 20.9 Å². The Bertz CT molecular complexity index is 1380. The number of carbonyl (C=O) groups is 2. The van der Waals surface area contributed by atoms with E-state index in [4.69, 9.17) is 40.6 Å². The fraction of sp³-hybridized carbons (Fsp3) is 0.520. The van der Waals surface area contributed by atoms with E-state index in [0.29, 0.717) is 0 Å². The average molecular weight is 681 g/mol. The smallest absolute Gasteiger partial charge is 0.380 e. The minimum Gasteiger partial charge on any atom is -0.463 e. The molecule has 7 atom stereocenters. The van der Waals surface area contributed by atoms with Crippen LogP contribution in [0.15, 0.2) is 52.2 Å². The molecule has 3 N–H and O–H groups in total. The van der Waals surface area contributed by atoms with E-state index in [9.17, 15) is 23.7 Å². The van der Waals surface area contributed by atoms with Gasteiger partial charge in [0.15, 0.2) is 16.1 Å². The highest BCUT2D eigenvalue weighted by Crippen LogP contribution is 2.53. The molecule has 0 bridgehead atoms. The molecule has 0 radical (unpaired) electrons. The van der Waals surface area contributed by atoms with Crippen LogP contribution in [-0.4, -0.2) is 62.4 Å². The van der Waals surface area contributed by atoms with E-state index < -0.39 is 77.7 Å².